The highest BCUT2D eigenvalue weighted by Crippen LogP contribution is 2.38. The summed E-state index contributed by atoms with van der Waals surface area (Å²) in [5.74, 6) is -0.195. The lowest BCUT2D eigenvalue weighted by molar-refractivity contribution is 0.195. The van der Waals surface area contributed by atoms with Crippen LogP contribution in [-0.4, -0.2) is 10.4 Å². The molecule has 1 aromatic rings. The SMILES string of the molecule is C[C@@H](O)c1cccc(F)c1SC1CCCCC1. The van der Waals surface area contributed by atoms with Gasteiger partial charge in [0, 0.05) is 10.1 Å². The van der Waals surface area contributed by atoms with Gasteiger partial charge >= 0.3 is 0 Å². The molecule has 1 aliphatic carbocycles. The van der Waals surface area contributed by atoms with Crippen LogP contribution in [0.1, 0.15) is 50.7 Å². The molecule has 0 unspecified atom stereocenters. The summed E-state index contributed by atoms with van der Waals surface area (Å²) in [7, 11) is 0. The Balaban J connectivity index is 2.18. The number of thioether (sulfide) groups is 1. The Kier molecular flexibility index (Phi) is 4.46. The number of aliphatic hydroxyl groups is 1. The summed E-state index contributed by atoms with van der Waals surface area (Å²) >= 11 is 1.61. The van der Waals surface area contributed by atoms with E-state index in [9.17, 15) is 9.50 Å². The third-order valence-corrected chi connectivity index (χ3v) is 4.76. The van der Waals surface area contributed by atoms with Gasteiger partial charge in [-0.1, -0.05) is 31.4 Å². The van der Waals surface area contributed by atoms with Gasteiger partial charge < -0.3 is 5.11 Å². The zero-order chi connectivity index (χ0) is 12.3. The second-order valence-corrected chi connectivity index (χ2v) is 6.02. The second-order valence-electron chi connectivity index (χ2n) is 4.71. The number of halogens is 1. The van der Waals surface area contributed by atoms with Crippen molar-refractivity contribution in [3.8, 4) is 0 Å². The average molecular weight is 254 g/mol. The first-order chi connectivity index (χ1) is 8.18. The molecule has 17 heavy (non-hydrogen) atoms. The summed E-state index contributed by atoms with van der Waals surface area (Å²) in [6, 6.07) is 4.97. The fourth-order valence-corrected chi connectivity index (χ4v) is 3.79. The molecule has 0 aliphatic heterocycles. The fourth-order valence-electron chi connectivity index (χ4n) is 2.33. The molecule has 1 saturated carbocycles. The summed E-state index contributed by atoms with van der Waals surface area (Å²) in [5, 5.41) is 10.2. The van der Waals surface area contributed by atoms with Crippen molar-refractivity contribution in [2.45, 2.75) is 55.3 Å². The zero-order valence-corrected chi connectivity index (χ0v) is 11.0. The summed E-state index contributed by atoms with van der Waals surface area (Å²) in [6.07, 6.45) is 5.53. The molecule has 1 nitrogen and oxygen atoms in total. The quantitative estimate of drug-likeness (QED) is 0.867. The number of benzene rings is 1. The highest BCUT2D eigenvalue weighted by atomic mass is 32.2. The van der Waals surface area contributed by atoms with E-state index >= 15 is 0 Å². The van der Waals surface area contributed by atoms with Crippen LogP contribution in [0.15, 0.2) is 23.1 Å². The summed E-state index contributed by atoms with van der Waals surface area (Å²) < 4.78 is 13.8. The Morgan fingerprint density at radius 1 is 1.29 bits per heavy atom. The minimum atomic E-state index is -0.600. The Morgan fingerprint density at radius 3 is 2.65 bits per heavy atom. The first kappa shape index (κ1) is 12.9. The lowest BCUT2D eigenvalue weighted by Gasteiger charge is -2.23. The molecule has 1 aromatic carbocycles. The van der Waals surface area contributed by atoms with E-state index in [1.54, 1.807) is 24.8 Å². The smallest absolute Gasteiger partial charge is 0.137 e. The topological polar surface area (TPSA) is 20.2 Å². The predicted molar refractivity (Wildman–Crippen MR) is 69.8 cm³/mol. The van der Waals surface area contributed by atoms with Crippen molar-refractivity contribution in [2.75, 3.05) is 0 Å². The molecule has 3 heteroatoms. The monoisotopic (exact) mass is 254 g/mol. The molecule has 0 spiro atoms. The zero-order valence-electron chi connectivity index (χ0n) is 10.2. The van der Waals surface area contributed by atoms with Crippen LogP contribution < -0.4 is 0 Å². The van der Waals surface area contributed by atoms with Gasteiger partial charge in [0.2, 0.25) is 0 Å². The van der Waals surface area contributed by atoms with Crippen molar-refractivity contribution in [2.24, 2.45) is 0 Å². The largest absolute Gasteiger partial charge is 0.389 e. The van der Waals surface area contributed by atoms with Gasteiger partial charge in [0.05, 0.1) is 6.10 Å². The maximum Gasteiger partial charge on any atom is 0.137 e. The normalized spacial score (nSPS) is 19.2. The minimum Gasteiger partial charge on any atom is -0.389 e. The van der Waals surface area contributed by atoms with E-state index in [-0.39, 0.29) is 5.82 Å². The third-order valence-electron chi connectivity index (χ3n) is 3.28. The lowest BCUT2D eigenvalue weighted by atomic mass is 10.0. The molecular weight excluding hydrogens is 235 g/mol. The standard InChI is InChI=1S/C14H19FOS/c1-10(16)12-8-5-9-13(15)14(12)17-11-6-3-2-4-7-11/h5,8-11,16H,2-4,6-7H2,1H3/t10-/m1/s1. The van der Waals surface area contributed by atoms with Gasteiger partial charge in [0.1, 0.15) is 5.82 Å². The van der Waals surface area contributed by atoms with Crippen LogP contribution in [-0.2, 0) is 0 Å². The molecule has 1 aliphatic rings. The van der Waals surface area contributed by atoms with E-state index in [0.29, 0.717) is 10.1 Å². The predicted octanol–water partition coefficient (Wildman–Crippen LogP) is 4.30. The van der Waals surface area contributed by atoms with Crippen LogP contribution in [0.4, 0.5) is 4.39 Å². The number of rotatable bonds is 3. The maximum absolute atomic E-state index is 13.8. The number of aliphatic hydroxyl groups excluding tert-OH is 1. The average Bonchev–Trinajstić information content (AvgIpc) is 2.33. The Labute approximate surface area is 106 Å². The van der Waals surface area contributed by atoms with Gasteiger partial charge in [-0.25, -0.2) is 4.39 Å². The van der Waals surface area contributed by atoms with Crippen molar-refractivity contribution >= 4 is 11.8 Å². The maximum atomic E-state index is 13.8. The van der Waals surface area contributed by atoms with Gasteiger partial charge in [-0.05, 0) is 31.4 Å². The molecule has 2 rings (SSSR count). The highest BCUT2D eigenvalue weighted by Gasteiger charge is 2.20. The van der Waals surface area contributed by atoms with E-state index in [4.69, 9.17) is 0 Å². The highest BCUT2D eigenvalue weighted by molar-refractivity contribution is 8.00. The van der Waals surface area contributed by atoms with Crippen LogP contribution in [0.5, 0.6) is 0 Å². The van der Waals surface area contributed by atoms with Crippen LogP contribution in [0, 0.1) is 5.82 Å². The molecule has 94 valence electrons. The van der Waals surface area contributed by atoms with Crippen molar-refractivity contribution in [1.29, 1.82) is 0 Å². The Bertz CT molecular complexity index is 372. The molecule has 0 bridgehead atoms. The second kappa shape index (κ2) is 5.87. The van der Waals surface area contributed by atoms with Crippen LogP contribution in [0.2, 0.25) is 0 Å². The van der Waals surface area contributed by atoms with Gasteiger partial charge in [-0.3, -0.25) is 0 Å². The third kappa shape index (κ3) is 3.23. The molecule has 1 fully saturated rings. The first-order valence-corrected chi connectivity index (χ1v) is 7.19. The Morgan fingerprint density at radius 2 is 2.00 bits per heavy atom. The van der Waals surface area contributed by atoms with E-state index in [2.05, 4.69) is 0 Å². The molecule has 0 saturated heterocycles. The van der Waals surface area contributed by atoms with Crippen molar-refractivity contribution in [1.82, 2.24) is 0 Å². The Hall–Kier alpha value is -0.540. The van der Waals surface area contributed by atoms with E-state index in [0.717, 1.165) is 18.4 Å². The van der Waals surface area contributed by atoms with Gasteiger partial charge in [-0.15, -0.1) is 11.8 Å². The van der Waals surface area contributed by atoms with Gasteiger partial charge in [0.25, 0.3) is 0 Å². The van der Waals surface area contributed by atoms with E-state index in [1.807, 2.05) is 6.07 Å². The van der Waals surface area contributed by atoms with Crippen molar-refractivity contribution in [3.05, 3.63) is 29.6 Å². The van der Waals surface area contributed by atoms with Crippen molar-refractivity contribution in [3.63, 3.8) is 0 Å². The van der Waals surface area contributed by atoms with Crippen LogP contribution >= 0.6 is 11.8 Å². The summed E-state index contributed by atoms with van der Waals surface area (Å²) in [4.78, 5) is 0.648. The summed E-state index contributed by atoms with van der Waals surface area (Å²) in [6.45, 7) is 1.69. The molecule has 1 atom stereocenters. The van der Waals surface area contributed by atoms with E-state index < -0.39 is 6.10 Å². The molecule has 0 amide bonds. The molecular formula is C14H19FOS. The number of hydrogen-bond donors (Lipinski definition) is 1. The minimum absolute atomic E-state index is 0.195. The first-order valence-electron chi connectivity index (χ1n) is 6.31. The summed E-state index contributed by atoms with van der Waals surface area (Å²) in [5.41, 5.74) is 0.723. The van der Waals surface area contributed by atoms with Crippen molar-refractivity contribution < 1.29 is 9.50 Å². The fraction of sp³-hybridized carbons (Fsp3) is 0.571. The van der Waals surface area contributed by atoms with Crippen LogP contribution in [0.25, 0.3) is 0 Å². The van der Waals surface area contributed by atoms with Gasteiger partial charge in [0.15, 0.2) is 0 Å². The molecule has 1 N–H and O–H groups in total. The van der Waals surface area contributed by atoms with E-state index in [1.165, 1.54) is 25.3 Å². The number of hydrogen-bond acceptors (Lipinski definition) is 2. The molecule has 0 heterocycles. The molecule has 0 aromatic heterocycles. The lowest BCUT2D eigenvalue weighted by Crippen LogP contribution is -2.09. The molecule has 0 radical (unpaired) electrons. The van der Waals surface area contributed by atoms with Crippen LogP contribution in [0.3, 0.4) is 0 Å². The van der Waals surface area contributed by atoms with Gasteiger partial charge in [-0.2, -0.15) is 0 Å².